The molecule has 1 heterocycles. The number of ether oxygens (including phenoxy) is 3. The van der Waals surface area contributed by atoms with Crippen molar-refractivity contribution in [2.45, 2.75) is 45.6 Å². The van der Waals surface area contributed by atoms with Gasteiger partial charge in [0, 0.05) is 17.8 Å². The van der Waals surface area contributed by atoms with E-state index in [4.69, 9.17) is 14.2 Å². The van der Waals surface area contributed by atoms with Gasteiger partial charge in [-0.05, 0) is 30.6 Å². The molecule has 31 heavy (non-hydrogen) atoms. The van der Waals surface area contributed by atoms with Gasteiger partial charge in [-0.15, -0.1) is 0 Å². The molecule has 1 aromatic carbocycles. The van der Waals surface area contributed by atoms with Crippen LogP contribution in [-0.4, -0.2) is 56.2 Å². The highest BCUT2D eigenvalue weighted by Crippen LogP contribution is 2.46. The summed E-state index contributed by atoms with van der Waals surface area (Å²) in [7, 11) is 4.43. The number of methoxy groups -OCH3 is 3. The predicted octanol–water partition coefficient (Wildman–Crippen LogP) is 2.79. The van der Waals surface area contributed by atoms with Crippen molar-refractivity contribution in [3.05, 3.63) is 12.1 Å². The lowest BCUT2D eigenvalue weighted by Gasteiger charge is -2.43. The zero-order chi connectivity index (χ0) is 23.0. The molecule has 2 fully saturated rings. The highest BCUT2D eigenvalue weighted by atomic mass is 16.5. The summed E-state index contributed by atoms with van der Waals surface area (Å²) in [6.07, 6.45) is 2.12. The van der Waals surface area contributed by atoms with Crippen molar-refractivity contribution >= 4 is 23.5 Å². The Balaban J connectivity index is 1.75. The van der Waals surface area contributed by atoms with Gasteiger partial charge in [-0.3, -0.25) is 14.5 Å². The van der Waals surface area contributed by atoms with E-state index in [0.717, 1.165) is 11.3 Å². The Hall–Kier alpha value is -2.97. The van der Waals surface area contributed by atoms with Crippen LogP contribution in [0.25, 0.3) is 0 Å². The molecule has 0 unspecified atom stereocenters. The molecule has 3 rings (SSSR count). The van der Waals surface area contributed by atoms with Crippen LogP contribution in [0.1, 0.15) is 40.0 Å². The maximum atomic E-state index is 13.2. The third-order valence-corrected chi connectivity index (χ3v) is 5.87. The third kappa shape index (κ3) is 4.40. The number of hydrogen-bond acceptors (Lipinski definition) is 6. The fourth-order valence-corrected chi connectivity index (χ4v) is 5.15. The summed E-state index contributed by atoms with van der Waals surface area (Å²) in [6, 6.07) is 2.63. The molecule has 1 aliphatic carbocycles. The number of anilines is 1. The molecule has 1 spiro atoms. The molecule has 170 valence electrons. The number of benzene rings is 1. The first-order chi connectivity index (χ1) is 14.5. The van der Waals surface area contributed by atoms with Crippen LogP contribution in [0, 0.1) is 11.3 Å². The van der Waals surface area contributed by atoms with Gasteiger partial charge in [0.2, 0.25) is 11.7 Å². The molecular formula is C22H31N3O6. The monoisotopic (exact) mass is 433 g/mol. The largest absolute Gasteiger partial charge is 0.493 e. The number of rotatable bonds is 6. The zero-order valence-corrected chi connectivity index (χ0v) is 19.0. The van der Waals surface area contributed by atoms with Crippen LogP contribution in [0.15, 0.2) is 12.1 Å². The molecule has 2 N–H and O–H groups in total. The summed E-state index contributed by atoms with van der Waals surface area (Å²) in [5.74, 6) is 0.609. The van der Waals surface area contributed by atoms with E-state index in [-0.39, 0.29) is 17.9 Å². The van der Waals surface area contributed by atoms with E-state index < -0.39 is 17.5 Å². The second-order valence-electron chi connectivity index (χ2n) is 9.22. The van der Waals surface area contributed by atoms with Crippen LogP contribution >= 0.6 is 0 Å². The summed E-state index contributed by atoms with van der Waals surface area (Å²) in [5, 5.41) is 5.58. The first kappa shape index (κ1) is 22.7. The number of carbonyl (C=O) groups is 3. The highest BCUT2D eigenvalue weighted by molar-refractivity contribution is 6.10. The first-order valence-corrected chi connectivity index (χ1v) is 10.3. The fourth-order valence-electron chi connectivity index (χ4n) is 5.15. The first-order valence-electron chi connectivity index (χ1n) is 10.3. The molecule has 1 aromatic rings. The SMILES string of the molecule is COc1cc(NC(=O)CN2C(=O)N[C@@]3(C[C@@H](C)CC(C)(C)C3)C2=O)cc(OC)c1OC. The number of imide groups is 1. The number of carbonyl (C=O) groups excluding carboxylic acids is 3. The maximum Gasteiger partial charge on any atom is 0.325 e. The average molecular weight is 434 g/mol. The summed E-state index contributed by atoms with van der Waals surface area (Å²) in [5.41, 5.74) is -0.617. The number of nitrogens with zero attached hydrogens (tertiary/aromatic N) is 1. The van der Waals surface area contributed by atoms with E-state index in [9.17, 15) is 14.4 Å². The van der Waals surface area contributed by atoms with Gasteiger partial charge in [0.25, 0.3) is 5.91 Å². The Morgan fingerprint density at radius 2 is 1.74 bits per heavy atom. The van der Waals surface area contributed by atoms with Crippen molar-refractivity contribution in [2.75, 3.05) is 33.2 Å². The molecule has 0 radical (unpaired) electrons. The molecular weight excluding hydrogens is 402 g/mol. The van der Waals surface area contributed by atoms with Crippen LogP contribution in [-0.2, 0) is 9.59 Å². The van der Waals surface area contributed by atoms with Crippen molar-refractivity contribution in [3.63, 3.8) is 0 Å². The van der Waals surface area contributed by atoms with E-state index in [0.29, 0.717) is 41.7 Å². The van der Waals surface area contributed by atoms with Crippen molar-refractivity contribution in [2.24, 2.45) is 11.3 Å². The van der Waals surface area contributed by atoms with Crippen LogP contribution in [0.5, 0.6) is 17.2 Å². The number of amides is 4. The standard InChI is InChI=1S/C22H31N3O6/c1-13-9-21(2,3)12-22(10-13)19(27)25(20(28)24-22)11-17(26)23-14-7-15(29-4)18(31-6)16(8-14)30-5/h7-8,13H,9-12H2,1-6H3,(H,23,26)(H,24,28)/t13-,22+/m0/s1. The fraction of sp³-hybridized carbons (Fsp3) is 0.591. The summed E-state index contributed by atoms with van der Waals surface area (Å²) < 4.78 is 15.9. The predicted molar refractivity (Wildman–Crippen MR) is 114 cm³/mol. The topological polar surface area (TPSA) is 106 Å². The Morgan fingerprint density at radius 1 is 1.13 bits per heavy atom. The average Bonchev–Trinajstić information content (AvgIpc) is 2.88. The van der Waals surface area contributed by atoms with Gasteiger partial charge in [0.1, 0.15) is 12.1 Å². The molecule has 9 nitrogen and oxygen atoms in total. The van der Waals surface area contributed by atoms with E-state index in [1.807, 2.05) is 0 Å². The molecule has 1 saturated carbocycles. The van der Waals surface area contributed by atoms with Crippen LogP contribution in [0.3, 0.4) is 0 Å². The lowest BCUT2D eigenvalue weighted by atomic mass is 9.64. The normalized spacial score (nSPS) is 24.7. The Kier molecular flexibility index (Phi) is 6.07. The minimum Gasteiger partial charge on any atom is -0.493 e. The highest BCUT2D eigenvalue weighted by Gasteiger charge is 2.56. The van der Waals surface area contributed by atoms with Gasteiger partial charge >= 0.3 is 6.03 Å². The van der Waals surface area contributed by atoms with Gasteiger partial charge < -0.3 is 24.8 Å². The second kappa shape index (κ2) is 8.28. The molecule has 2 atom stereocenters. The Labute approximate surface area is 182 Å². The molecule has 9 heteroatoms. The molecule has 0 bridgehead atoms. The van der Waals surface area contributed by atoms with E-state index in [1.54, 1.807) is 12.1 Å². The van der Waals surface area contributed by atoms with Crippen molar-refractivity contribution in [3.8, 4) is 17.2 Å². The van der Waals surface area contributed by atoms with Gasteiger partial charge in [0.15, 0.2) is 11.5 Å². The molecule has 1 saturated heterocycles. The summed E-state index contributed by atoms with van der Waals surface area (Å²) in [6.45, 7) is 5.91. The molecule has 1 aliphatic heterocycles. The van der Waals surface area contributed by atoms with E-state index >= 15 is 0 Å². The molecule has 2 aliphatic rings. The van der Waals surface area contributed by atoms with Gasteiger partial charge in [-0.25, -0.2) is 4.79 Å². The Morgan fingerprint density at radius 3 is 2.26 bits per heavy atom. The van der Waals surface area contributed by atoms with E-state index in [1.165, 1.54) is 21.3 Å². The van der Waals surface area contributed by atoms with Crippen LogP contribution in [0.2, 0.25) is 0 Å². The maximum absolute atomic E-state index is 13.2. The van der Waals surface area contributed by atoms with Gasteiger partial charge in [-0.2, -0.15) is 0 Å². The number of nitrogens with one attached hydrogen (secondary N) is 2. The molecule has 0 aromatic heterocycles. The van der Waals surface area contributed by atoms with Crippen LogP contribution < -0.4 is 24.8 Å². The smallest absolute Gasteiger partial charge is 0.325 e. The zero-order valence-electron chi connectivity index (χ0n) is 19.0. The number of hydrogen-bond donors (Lipinski definition) is 2. The van der Waals surface area contributed by atoms with Crippen LogP contribution in [0.4, 0.5) is 10.5 Å². The minimum absolute atomic E-state index is 0.0743. The lowest BCUT2D eigenvalue weighted by Crippen LogP contribution is -2.54. The second-order valence-corrected chi connectivity index (χ2v) is 9.22. The lowest BCUT2D eigenvalue weighted by molar-refractivity contribution is -0.136. The minimum atomic E-state index is -0.939. The summed E-state index contributed by atoms with van der Waals surface area (Å²) >= 11 is 0. The van der Waals surface area contributed by atoms with Gasteiger partial charge in [0.05, 0.1) is 21.3 Å². The molecule has 4 amide bonds. The van der Waals surface area contributed by atoms with Crippen molar-refractivity contribution < 1.29 is 28.6 Å². The summed E-state index contributed by atoms with van der Waals surface area (Å²) in [4.78, 5) is 39.5. The third-order valence-electron chi connectivity index (χ3n) is 5.87. The van der Waals surface area contributed by atoms with Gasteiger partial charge in [-0.1, -0.05) is 20.8 Å². The quantitative estimate of drug-likeness (QED) is 0.668. The number of urea groups is 1. The van der Waals surface area contributed by atoms with Crippen molar-refractivity contribution in [1.29, 1.82) is 0 Å². The van der Waals surface area contributed by atoms with Crippen molar-refractivity contribution in [1.82, 2.24) is 10.2 Å². The van der Waals surface area contributed by atoms with E-state index in [2.05, 4.69) is 31.4 Å². The Bertz CT molecular complexity index is 874.